The maximum absolute atomic E-state index is 9.29. The first-order valence-electron chi connectivity index (χ1n) is 4.74. The van der Waals surface area contributed by atoms with Gasteiger partial charge in [0.05, 0.1) is 12.7 Å². The van der Waals surface area contributed by atoms with Gasteiger partial charge in [-0.3, -0.25) is 0 Å². The van der Waals surface area contributed by atoms with Gasteiger partial charge in [-0.1, -0.05) is 20.8 Å². The standard InChI is InChI=1S/C10H20O3/c1-7-9(3,4)8(2)13-10(7,6-11)12-5/h7-8,11H,6H2,1-5H3/t7-,8-,10+/m0/s1. The van der Waals surface area contributed by atoms with Crippen LogP contribution in [0.5, 0.6) is 0 Å². The Bertz CT molecular complexity index is 185. The molecule has 78 valence electrons. The molecule has 3 atom stereocenters. The molecule has 0 unspecified atom stereocenters. The molecule has 3 heteroatoms. The van der Waals surface area contributed by atoms with Gasteiger partial charge in [0.1, 0.15) is 0 Å². The van der Waals surface area contributed by atoms with Crippen molar-refractivity contribution in [1.29, 1.82) is 0 Å². The van der Waals surface area contributed by atoms with E-state index in [4.69, 9.17) is 9.47 Å². The fraction of sp³-hybridized carbons (Fsp3) is 1.00. The van der Waals surface area contributed by atoms with Gasteiger partial charge < -0.3 is 14.6 Å². The minimum atomic E-state index is -0.803. The van der Waals surface area contributed by atoms with Crippen LogP contribution in [0.4, 0.5) is 0 Å². The molecule has 1 aliphatic heterocycles. The third kappa shape index (κ3) is 1.39. The predicted molar refractivity (Wildman–Crippen MR) is 50.3 cm³/mol. The van der Waals surface area contributed by atoms with E-state index in [1.807, 2.05) is 6.92 Å². The van der Waals surface area contributed by atoms with E-state index in [-0.39, 0.29) is 24.0 Å². The summed E-state index contributed by atoms with van der Waals surface area (Å²) in [4.78, 5) is 0. The first kappa shape index (κ1) is 11.0. The van der Waals surface area contributed by atoms with Crippen LogP contribution in [0.15, 0.2) is 0 Å². The first-order valence-corrected chi connectivity index (χ1v) is 4.74. The highest BCUT2D eigenvalue weighted by Crippen LogP contribution is 2.48. The van der Waals surface area contributed by atoms with Crippen LogP contribution in [0.3, 0.4) is 0 Å². The lowest BCUT2D eigenvalue weighted by Crippen LogP contribution is -2.42. The summed E-state index contributed by atoms with van der Waals surface area (Å²) in [5.74, 6) is -0.617. The number of hydrogen-bond acceptors (Lipinski definition) is 3. The summed E-state index contributed by atoms with van der Waals surface area (Å²) in [6.07, 6.45) is 0.106. The van der Waals surface area contributed by atoms with Crippen molar-refractivity contribution in [2.75, 3.05) is 13.7 Å². The average molecular weight is 188 g/mol. The molecule has 0 bridgehead atoms. The summed E-state index contributed by atoms with van der Waals surface area (Å²) in [5, 5.41) is 9.29. The van der Waals surface area contributed by atoms with Crippen molar-refractivity contribution in [2.24, 2.45) is 11.3 Å². The van der Waals surface area contributed by atoms with Gasteiger partial charge in [0.15, 0.2) is 5.79 Å². The van der Waals surface area contributed by atoms with Gasteiger partial charge in [-0.25, -0.2) is 0 Å². The number of hydrogen-bond donors (Lipinski definition) is 1. The Balaban J connectivity index is 2.94. The van der Waals surface area contributed by atoms with Crippen molar-refractivity contribution < 1.29 is 14.6 Å². The number of aliphatic hydroxyl groups excluding tert-OH is 1. The smallest absolute Gasteiger partial charge is 0.194 e. The molecule has 0 radical (unpaired) electrons. The van der Waals surface area contributed by atoms with E-state index in [1.165, 1.54) is 0 Å². The van der Waals surface area contributed by atoms with Gasteiger partial charge in [-0.2, -0.15) is 0 Å². The highest BCUT2D eigenvalue weighted by molar-refractivity contribution is 4.97. The summed E-state index contributed by atoms with van der Waals surface area (Å²) < 4.78 is 11.0. The summed E-state index contributed by atoms with van der Waals surface area (Å²) >= 11 is 0. The van der Waals surface area contributed by atoms with Crippen LogP contribution < -0.4 is 0 Å². The van der Waals surface area contributed by atoms with Gasteiger partial charge >= 0.3 is 0 Å². The minimum Gasteiger partial charge on any atom is -0.391 e. The monoisotopic (exact) mass is 188 g/mol. The van der Waals surface area contributed by atoms with Crippen LogP contribution in [0.25, 0.3) is 0 Å². The fourth-order valence-corrected chi connectivity index (χ4v) is 1.94. The number of aliphatic hydroxyl groups is 1. The highest BCUT2D eigenvalue weighted by Gasteiger charge is 2.55. The molecule has 1 fully saturated rings. The largest absolute Gasteiger partial charge is 0.391 e. The lowest BCUT2D eigenvalue weighted by molar-refractivity contribution is -0.244. The van der Waals surface area contributed by atoms with E-state index in [1.54, 1.807) is 7.11 Å². The lowest BCUT2D eigenvalue weighted by Gasteiger charge is -2.32. The summed E-state index contributed by atoms with van der Waals surface area (Å²) in [5.41, 5.74) is 0.0404. The predicted octanol–water partition coefficient (Wildman–Crippen LogP) is 1.40. The zero-order valence-corrected chi connectivity index (χ0v) is 9.13. The Morgan fingerprint density at radius 3 is 2.08 bits per heavy atom. The van der Waals surface area contributed by atoms with Crippen molar-refractivity contribution in [3.63, 3.8) is 0 Å². The van der Waals surface area contributed by atoms with Crippen LogP contribution in [-0.2, 0) is 9.47 Å². The van der Waals surface area contributed by atoms with Crippen LogP contribution in [0.2, 0.25) is 0 Å². The summed E-state index contributed by atoms with van der Waals surface area (Å²) in [6.45, 7) is 8.27. The molecule has 0 saturated carbocycles. The van der Waals surface area contributed by atoms with Crippen molar-refractivity contribution in [2.45, 2.75) is 39.6 Å². The number of ether oxygens (including phenoxy) is 2. The summed E-state index contributed by atoms with van der Waals surface area (Å²) in [6, 6.07) is 0. The quantitative estimate of drug-likeness (QED) is 0.712. The molecule has 1 aliphatic rings. The normalized spacial score (nSPS) is 43.8. The van der Waals surface area contributed by atoms with Crippen molar-refractivity contribution in [3.8, 4) is 0 Å². The maximum Gasteiger partial charge on any atom is 0.194 e. The molecule has 1 rings (SSSR count). The zero-order valence-electron chi connectivity index (χ0n) is 9.13. The van der Waals surface area contributed by atoms with E-state index in [2.05, 4.69) is 20.8 Å². The Labute approximate surface area is 80.0 Å². The molecule has 3 nitrogen and oxygen atoms in total. The van der Waals surface area contributed by atoms with E-state index in [0.29, 0.717) is 0 Å². The van der Waals surface area contributed by atoms with E-state index in [0.717, 1.165) is 0 Å². The minimum absolute atomic E-state index is 0.0404. The van der Waals surface area contributed by atoms with E-state index >= 15 is 0 Å². The topological polar surface area (TPSA) is 38.7 Å². The van der Waals surface area contributed by atoms with Crippen LogP contribution in [0, 0.1) is 11.3 Å². The Morgan fingerprint density at radius 1 is 1.38 bits per heavy atom. The second kappa shape index (κ2) is 3.23. The molecule has 0 amide bonds. The van der Waals surface area contributed by atoms with Crippen molar-refractivity contribution >= 4 is 0 Å². The Kier molecular flexibility index (Phi) is 2.72. The molecule has 0 aliphatic carbocycles. The van der Waals surface area contributed by atoms with Gasteiger partial charge in [-0.05, 0) is 12.3 Å². The van der Waals surface area contributed by atoms with Gasteiger partial charge in [0, 0.05) is 13.0 Å². The molecular weight excluding hydrogens is 168 g/mol. The van der Waals surface area contributed by atoms with Crippen LogP contribution in [0.1, 0.15) is 27.7 Å². The Morgan fingerprint density at radius 2 is 1.92 bits per heavy atom. The molecule has 1 heterocycles. The molecule has 0 aromatic heterocycles. The summed E-state index contributed by atoms with van der Waals surface area (Å²) in [7, 11) is 1.58. The number of rotatable bonds is 2. The molecular formula is C10H20O3. The molecule has 1 N–H and O–H groups in total. The molecule has 0 spiro atoms. The van der Waals surface area contributed by atoms with E-state index < -0.39 is 5.79 Å². The molecule has 13 heavy (non-hydrogen) atoms. The van der Waals surface area contributed by atoms with Crippen molar-refractivity contribution in [1.82, 2.24) is 0 Å². The van der Waals surface area contributed by atoms with Gasteiger partial charge in [0.25, 0.3) is 0 Å². The molecule has 0 aromatic carbocycles. The SMILES string of the molecule is CO[C@]1(CO)O[C@@H](C)C(C)(C)[C@@H]1C. The van der Waals surface area contributed by atoms with Gasteiger partial charge in [0.2, 0.25) is 0 Å². The van der Waals surface area contributed by atoms with Crippen molar-refractivity contribution in [3.05, 3.63) is 0 Å². The Hall–Kier alpha value is -0.120. The molecule has 1 saturated heterocycles. The number of methoxy groups -OCH3 is 1. The second-order valence-electron chi connectivity index (χ2n) is 4.48. The first-order chi connectivity index (χ1) is 5.90. The van der Waals surface area contributed by atoms with E-state index in [9.17, 15) is 5.11 Å². The maximum atomic E-state index is 9.29. The third-order valence-electron chi connectivity index (χ3n) is 3.77. The van der Waals surface area contributed by atoms with Crippen LogP contribution >= 0.6 is 0 Å². The lowest BCUT2D eigenvalue weighted by atomic mass is 9.75. The average Bonchev–Trinajstić information content (AvgIpc) is 2.27. The zero-order chi connectivity index (χ0) is 10.3. The third-order valence-corrected chi connectivity index (χ3v) is 3.77. The second-order valence-corrected chi connectivity index (χ2v) is 4.48. The molecule has 0 aromatic rings. The fourth-order valence-electron chi connectivity index (χ4n) is 1.94. The van der Waals surface area contributed by atoms with Crippen LogP contribution in [-0.4, -0.2) is 30.7 Å². The van der Waals surface area contributed by atoms with Gasteiger partial charge in [-0.15, -0.1) is 0 Å². The highest BCUT2D eigenvalue weighted by atomic mass is 16.7.